The van der Waals surface area contributed by atoms with Gasteiger partial charge in [0.05, 0.1) is 23.2 Å². The van der Waals surface area contributed by atoms with E-state index in [1.165, 1.54) is 11.3 Å². The topological polar surface area (TPSA) is 78.0 Å². The van der Waals surface area contributed by atoms with Gasteiger partial charge in [-0.25, -0.2) is 8.42 Å². The molecule has 5 nitrogen and oxygen atoms in total. The highest BCUT2D eigenvalue weighted by molar-refractivity contribution is 7.91. The van der Waals surface area contributed by atoms with Gasteiger partial charge in [0.25, 0.3) is 0 Å². The molecule has 0 radical (unpaired) electrons. The molecule has 2 heterocycles. The molecule has 0 spiro atoms. The lowest BCUT2D eigenvalue weighted by molar-refractivity contribution is 0.458. The van der Waals surface area contributed by atoms with E-state index in [9.17, 15) is 8.42 Å². The third-order valence-corrected chi connectivity index (χ3v) is 6.43. The van der Waals surface area contributed by atoms with Crippen LogP contribution in [-0.4, -0.2) is 36.2 Å². The van der Waals surface area contributed by atoms with E-state index in [-0.39, 0.29) is 11.8 Å². The Bertz CT molecular complexity index is 606. The van der Waals surface area contributed by atoms with Crippen LogP contribution in [0.1, 0.15) is 55.1 Å². The van der Waals surface area contributed by atoms with Crippen molar-refractivity contribution in [3.8, 4) is 0 Å². The van der Waals surface area contributed by atoms with Gasteiger partial charge in [0.15, 0.2) is 9.84 Å². The normalized spacial score (nSPS) is 28.5. The average Bonchev–Trinajstić information content (AvgIpc) is 2.98. The van der Waals surface area contributed by atoms with Crippen LogP contribution >= 0.6 is 0 Å². The van der Waals surface area contributed by atoms with Crippen LogP contribution in [0, 0.1) is 0 Å². The number of hydrogen-bond acceptors (Lipinski definition) is 4. The molecule has 3 rings (SSSR count). The predicted octanol–water partition coefficient (Wildman–Crippen LogP) is 1.18. The van der Waals surface area contributed by atoms with Crippen LogP contribution < -0.4 is 5.73 Å². The summed E-state index contributed by atoms with van der Waals surface area (Å²) in [6.07, 6.45) is 4.86. The van der Waals surface area contributed by atoms with Crippen molar-refractivity contribution in [2.24, 2.45) is 5.73 Å². The van der Waals surface area contributed by atoms with Crippen LogP contribution in [0.25, 0.3) is 0 Å². The fourth-order valence-electron chi connectivity index (χ4n) is 3.68. The number of sulfone groups is 1. The van der Waals surface area contributed by atoms with Gasteiger partial charge in [-0.05, 0) is 44.6 Å². The maximum absolute atomic E-state index is 11.7. The number of fused-ring (bicyclic) bond motifs is 1. The minimum Gasteiger partial charge on any atom is -0.330 e. The first-order chi connectivity index (χ1) is 9.55. The predicted molar refractivity (Wildman–Crippen MR) is 78.6 cm³/mol. The second-order valence-electron chi connectivity index (χ2n) is 5.99. The number of nitrogens with zero attached hydrogens (tertiary/aromatic N) is 2. The van der Waals surface area contributed by atoms with Gasteiger partial charge in [-0.15, -0.1) is 0 Å². The van der Waals surface area contributed by atoms with Crippen LogP contribution in [-0.2, 0) is 22.7 Å². The second-order valence-corrected chi connectivity index (χ2v) is 8.22. The van der Waals surface area contributed by atoms with E-state index < -0.39 is 9.84 Å². The van der Waals surface area contributed by atoms with Gasteiger partial charge in [0.2, 0.25) is 0 Å². The molecule has 2 atom stereocenters. The average molecular weight is 297 g/mol. The van der Waals surface area contributed by atoms with E-state index in [0.29, 0.717) is 24.6 Å². The fraction of sp³-hybridized carbons (Fsp3) is 0.786. The van der Waals surface area contributed by atoms with E-state index in [0.717, 1.165) is 31.4 Å². The summed E-state index contributed by atoms with van der Waals surface area (Å²) in [5.41, 5.74) is 9.62. The molecule has 0 aromatic carbocycles. The highest BCUT2D eigenvalue weighted by Crippen LogP contribution is 2.36. The lowest BCUT2D eigenvalue weighted by atomic mass is 9.84. The first-order valence-electron chi connectivity index (χ1n) is 7.56. The van der Waals surface area contributed by atoms with E-state index in [4.69, 9.17) is 10.8 Å². The standard InChI is InChI=1S/C14H23N3O2S/c1-2-12-14-10(8-15)4-3-5-13(14)17(16-12)11-6-7-20(18,19)9-11/h10-11H,2-9,15H2,1H3. The van der Waals surface area contributed by atoms with Crippen LogP contribution in [0.3, 0.4) is 0 Å². The zero-order valence-corrected chi connectivity index (χ0v) is 12.8. The van der Waals surface area contributed by atoms with Gasteiger partial charge in [-0.2, -0.15) is 5.10 Å². The summed E-state index contributed by atoms with van der Waals surface area (Å²) in [5.74, 6) is 0.950. The summed E-state index contributed by atoms with van der Waals surface area (Å²) in [6.45, 7) is 2.77. The molecule has 2 unspecified atom stereocenters. The highest BCUT2D eigenvalue weighted by atomic mass is 32.2. The smallest absolute Gasteiger partial charge is 0.152 e. The van der Waals surface area contributed by atoms with Crippen molar-refractivity contribution in [2.75, 3.05) is 18.1 Å². The molecule has 2 N–H and O–H groups in total. The molecule has 2 aliphatic rings. The monoisotopic (exact) mass is 297 g/mol. The summed E-state index contributed by atoms with van der Waals surface area (Å²) in [7, 11) is -2.87. The van der Waals surface area contributed by atoms with Crippen molar-refractivity contribution < 1.29 is 8.42 Å². The number of aromatic nitrogens is 2. The van der Waals surface area contributed by atoms with Crippen molar-refractivity contribution in [3.63, 3.8) is 0 Å². The lowest BCUT2D eigenvalue weighted by Gasteiger charge is -2.24. The summed E-state index contributed by atoms with van der Waals surface area (Å²) in [5, 5.41) is 4.75. The first-order valence-corrected chi connectivity index (χ1v) is 9.38. The molecule has 0 amide bonds. The zero-order chi connectivity index (χ0) is 14.3. The van der Waals surface area contributed by atoms with Crippen molar-refractivity contribution in [3.05, 3.63) is 17.0 Å². The Balaban J connectivity index is 2.03. The van der Waals surface area contributed by atoms with E-state index >= 15 is 0 Å². The molecule has 0 saturated carbocycles. The molecule has 20 heavy (non-hydrogen) atoms. The molecule has 1 aliphatic carbocycles. The SMILES string of the molecule is CCc1nn(C2CCS(=O)(=O)C2)c2c1C(CN)CCC2. The van der Waals surface area contributed by atoms with Gasteiger partial charge in [-0.3, -0.25) is 4.68 Å². The lowest BCUT2D eigenvalue weighted by Crippen LogP contribution is -2.21. The quantitative estimate of drug-likeness (QED) is 0.909. The van der Waals surface area contributed by atoms with E-state index in [1.807, 2.05) is 4.68 Å². The maximum Gasteiger partial charge on any atom is 0.152 e. The molecular formula is C14H23N3O2S. The van der Waals surface area contributed by atoms with Gasteiger partial charge in [-0.1, -0.05) is 6.92 Å². The minimum absolute atomic E-state index is 0.0329. The van der Waals surface area contributed by atoms with Gasteiger partial charge in [0, 0.05) is 11.3 Å². The third-order valence-electron chi connectivity index (χ3n) is 4.67. The molecule has 1 aromatic rings. The van der Waals surface area contributed by atoms with Crippen LogP contribution in [0.5, 0.6) is 0 Å². The number of nitrogens with two attached hydrogens (primary N) is 1. The summed E-state index contributed by atoms with van der Waals surface area (Å²) in [4.78, 5) is 0. The third kappa shape index (κ3) is 2.29. The zero-order valence-electron chi connectivity index (χ0n) is 12.0. The van der Waals surface area contributed by atoms with Crippen molar-refractivity contribution in [1.82, 2.24) is 9.78 Å². The van der Waals surface area contributed by atoms with Crippen LogP contribution in [0.4, 0.5) is 0 Å². The van der Waals surface area contributed by atoms with Gasteiger partial charge < -0.3 is 5.73 Å². The maximum atomic E-state index is 11.7. The Hall–Kier alpha value is -0.880. The Morgan fingerprint density at radius 1 is 1.40 bits per heavy atom. The molecular weight excluding hydrogens is 274 g/mol. The van der Waals surface area contributed by atoms with Gasteiger partial charge in [0.1, 0.15) is 0 Å². The van der Waals surface area contributed by atoms with Crippen molar-refractivity contribution >= 4 is 9.84 Å². The highest BCUT2D eigenvalue weighted by Gasteiger charge is 2.34. The molecule has 0 bridgehead atoms. The molecule has 6 heteroatoms. The van der Waals surface area contributed by atoms with Crippen LogP contribution in [0.2, 0.25) is 0 Å². The largest absolute Gasteiger partial charge is 0.330 e. The molecule has 112 valence electrons. The van der Waals surface area contributed by atoms with Crippen LogP contribution in [0.15, 0.2) is 0 Å². The number of hydrogen-bond donors (Lipinski definition) is 1. The Morgan fingerprint density at radius 3 is 2.80 bits per heavy atom. The molecule has 1 aromatic heterocycles. The Morgan fingerprint density at radius 2 is 2.20 bits per heavy atom. The summed E-state index contributed by atoms with van der Waals surface area (Å²) in [6, 6.07) is 0.0329. The number of aryl methyl sites for hydroxylation is 1. The van der Waals surface area contributed by atoms with Crippen molar-refractivity contribution in [1.29, 1.82) is 0 Å². The van der Waals surface area contributed by atoms with E-state index in [2.05, 4.69) is 6.92 Å². The van der Waals surface area contributed by atoms with E-state index in [1.54, 1.807) is 0 Å². The summed E-state index contributed by atoms with van der Waals surface area (Å²) >= 11 is 0. The fourth-order valence-corrected chi connectivity index (χ4v) is 5.37. The Kier molecular flexibility index (Phi) is 3.62. The second kappa shape index (κ2) is 5.15. The summed E-state index contributed by atoms with van der Waals surface area (Å²) < 4.78 is 25.5. The first kappa shape index (κ1) is 14.1. The van der Waals surface area contributed by atoms with Crippen molar-refractivity contribution in [2.45, 2.75) is 51.0 Å². The molecule has 1 aliphatic heterocycles. The Labute approximate surface area is 120 Å². The minimum atomic E-state index is -2.87. The number of rotatable bonds is 3. The van der Waals surface area contributed by atoms with Gasteiger partial charge >= 0.3 is 0 Å². The molecule has 1 saturated heterocycles. The molecule has 1 fully saturated rings.